The van der Waals surface area contributed by atoms with E-state index in [1.54, 1.807) is 5.57 Å². The number of fused-ring (bicyclic) bond motifs is 7. The number of aliphatic hydroxyl groups excluding tert-OH is 2. The van der Waals surface area contributed by atoms with Gasteiger partial charge in [-0.05, 0) is 108 Å². The maximum Gasteiger partial charge on any atom is 0.0595 e. The normalized spacial score (nSPS) is 56.2. The van der Waals surface area contributed by atoms with Crippen LogP contribution < -0.4 is 0 Å². The fourth-order valence-electron chi connectivity index (χ4n) is 11.1. The summed E-state index contributed by atoms with van der Waals surface area (Å²) in [7, 11) is 0. The zero-order valence-electron chi connectivity index (χ0n) is 22.2. The molecule has 0 heterocycles. The minimum atomic E-state index is -0.328. The van der Waals surface area contributed by atoms with Crippen LogP contribution in [0, 0.1) is 50.2 Å². The smallest absolute Gasteiger partial charge is 0.0595 e. The summed E-state index contributed by atoms with van der Waals surface area (Å²) >= 11 is 0. The molecule has 4 saturated carbocycles. The van der Waals surface area contributed by atoms with Crippen molar-refractivity contribution in [2.75, 3.05) is 0 Å². The summed E-state index contributed by atoms with van der Waals surface area (Å²) in [5.74, 6) is 1.54. The molecule has 2 heteroatoms. The Bertz CT molecular complexity index is 825. The Labute approximate surface area is 197 Å². The van der Waals surface area contributed by atoms with Crippen LogP contribution in [0.25, 0.3) is 0 Å². The number of allylic oxidation sites excluding steroid dienone is 2. The summed E-state index contributed by atoms with van der Waals surface area (Å²) in [5.41, 5.74) is 2.82. The number of hydrogen-bond acceptors (Lipinski definition) is 2. The molecule has 0 aromatic carbocycles. The van der Waals surface area contributed by atoms with Crippen LogP contribution >= 0.6 is 0 Å². The Hall–Kier alpha value is -0.340. The van der Waals surface area contributed by atoms with E-state index in [9.17, 15) is 10.2 Å². The maximum atomic E-state index is 11.7. The van der Waals surface area contributed by atoms with Crippen molar-refractivity contribution < 1.29 is 10.2 Å². The van der Waals surface area contributed by atoms with Gasteiger partial charge in [-0.3, -0.25) is 0 Å². The van der Waals surface area contributed by atoms with Crippen LogP contribution in [0.1, 0.15) is 113 Å². The van der Waals surface area contributed by atoms with E-state index in [2.05, 4.69) is 61.5 Å². The van der Waals surface area contributed by atoms with E-state index in [1.165, 1.54) is 38.5 Å². The minimum Gasteiger partial charge on any atom is -0.393 e. The molecule has 0 bridgehead atoms. The lowest BCUT2D eigenvalue weighted by Gasteiger charge is -2.71. The molecule has 0 aromatic heterocycles. The first-order valence-electron chi connectivity index (χ1n) is 13.7. The first kappa shape index (κ1) is 23.4. The van der Waals surface area contributed by atoms with Gasteiger partial charge in [0.05, 0.1) is 12.2 Å². The van der Waals surface area contributed by atoms with E-state index in [1.807, 2.05) is 0 Å². The second kappa shape index (κ2) is 6.66. The van der Waals surface area contributed by atoms with Crippen molar-refractivity contribution in [3.8, 4) is 0 Å². The third-order valence-electron chi connectivity index (χ3n) is 12.6. The lowest BCUT2D eigenvalue weighted by molar-refractivity contribution is -0.223. The minimum absolute atomic E-state index is 0.0823. The van der Waals surface area contributed by atoms with Gasteiger partial charge in [-0.2, -0.15) is 0 Å². The summed E-state index contributed by atoms with van der Waals surface area (Å²) in [6.45, 7) is 19.6. The summed E-state index contributed by atoms with van der Waals surface area (Å²) in [4.78, 5) is 0. The predicted octanol–water partition coefficient (Wildman–Crippen LogP) is 7.14. The van der Waals surface area contributed by atoms with Crippen LogP contribution in [-0.4, -0.2) is 22.4 Å². The van der Waals surface area contributed by atoms with E-state index < -0.39 is 0 Å². The third-order valence-corrected chi connectivity index (χ3v) is 12.6. The molecule has 0 radical (unpaired) electrons. The molecule has 0 aliphatic heterocycles. The lowest BCUT2D eigenvalue weighted by Crippen LogP contribution is -2.66. The van der Waals surface area contributed by atoms with E-state index in [-0.39, 0.29) is 39.8 Å². The first-order valence-corrected chi connectivity index (χ1v) is 13.7. The van der Waals surface area contributed by atoms with Gasteiger partial charge in [-0.15, -0.1) is 0 Å². The second-order valence-electron chi connectivity index (χ2n) is 15.5. The third kappa shape index (κ3) is 2.84. The Kier molecular flexibility index (Phi) is 4.87. The lowest BCUT2D eigenvalue weighted by atomic mass is 9.34. The largest absolute Gasteiger partial charge is 0.393 e. The van der Waals surface area contributed by atoms with Crippen LogP contribution in [0.5, 0.6) is 0 Å². The highest BCUT2D eigenvalue weighted by Gasteiger charge is 2.68. The van der Waals surface area contributed by atoms with Gasteiger partial charge >= 0.3 is 0 Å². The van der Waals surface area contributed by atoms with Crippen molar-refractivity contribution in [2.45, 2.75) is 125 Å². The topological polar surface area (TPSA) is 40.5 Å². The molecule has 0 amide bonds. The van der Waals surface area contributed by atoms with Crippen LogP contribution in [0.15, 0.2) is 11.6 Å². The zero-order chi connectivity index (χ0) is 23.5. The van der Waals surface area contributed by atoms with Gasteiger partial charge in [0.15, 0.2) is 0 Å². The quantitative estimate of drug-likeness (QED) is 0.391. The fraction of sp³-hybridized carbons (Fsp3) is 0.933. The molecule has 5 rings (SSSR count). The Morgan fingerprint density at radius 2 is 1.44 bits per heavy atom. The summed E-state index contributed by atoms with van der Waals surface area (Å²) in [5, 5.41) is 22.6. The van der Waals surface area contributed by atoms with Crippen molar-refractivity contribution in [1.82, 2.24) is 0 Å². The fourth-order valence-corrected chi connectivity index (χ4v) is 11.1. The summed E-state index contributed by atoms with van der Waals surface area (Å²) in [6, 6.07) is 0. The zero-order valence-corrected chi connectivity index (χ0v) is 22.2. The van der Waals surface area contributed by atoms with Crippen molar-refractivity contribution in [3.63, 3.8) is 0 Å². The molecule has 32 heavy (non-hydrogen) atoms. The van der Waals surface area contributed by atoms with E-state index in [0.29, 0.717) is 16.7 Å². The molecule has 9 atom stereocenters. The molecule has 182 valence electrons. The number of hydrogen-bond donors (Lipinski definition) is 2. The Morgan fingerprint density at radius 3 is 2.12 bits per heavy atom. The second-order valence-corrected chi connectivity index (χ2v) is 15.5. The van der Waals surface area contributed by atoms with E-state index in [0.717, 1.165) is 25.2 Å². The van der Waals surface area contributed by atoms with Gasteiger partial charge in [-0.1, -0.05) is 67.0 Å². The predicted molar refractivity (Wildman–Crippen MR) is 132 cm³/mol. The highest BCUT2D eigenvalue weighted by Crippen LogP contribution is 2.74. The number of aliphatic hydroxyl groups is 2. The van der Waals surface area contributed by atoms with Gasteiger partial charge in [0.25, 0.3) is 0 Å². The molecular weight excluding hydrogens is 392 g/mol. The van der Waals surface area contributed by atoms with Crippen molar-refractivity contribution >= 4 is 0 Å². The Morgan fingerprint density at radius 1 is 0.750 bits per heavy atom. The van der Waals surface area contributed by atoms with Gasteiger partial charge in [0.2, 0.25) is 0 Å². The van der Waals surface area contributed by atoms with Crippen LogP contribution in [0.4, 0.5) is 0 Å². The standard InChI is InChI=1S/C30H50O2/c1-25(2)15-16-27(5)12-9-20-28(6,22(27)18-25)13-10-21-29(7)14-11-23(32)26(3,4)24(29)19(31)17-30(20,21)8/h9,19,21-24,31-32H,10-18H2,1-8H3/t19-,21?,22?,23-,24+,27+,28-,29-,30+/m1/s1. The molecule has 0 spiro atoms. The first-order chi connectivity index (χ1) is 14.6. The molecular formula is C30H50O2. The monoisotopic (exact) mass is 442 g/mol. The van der Waals surface area contributed by atoms with Crippen molar-refractivity contribution in [3.05, 3.63) is 11.6 Å². The molecule has 4 fully saturated rings. The van der Waals surface area contributed by atoms with Crippen molar-refractivity contribution in [2.24, 2.45) is 50.2 Å². The average molecular weight is 443 g/mol. The molecule has 2 unspecified atom stereocenters. The van der Waals surface area contributed by atoms with E-state index in [4.69, 9.17) is 0 Å². The van der Waals surface area contributed by atoms with Gasteiger partial charge < -0.3 is 10.2 Å². The number of rotatable bonds is 0. The molecule has 5 aliphatic carbocycles. The van der Waals surface area contributed by atoms with Crippen molar-refractivity contribution in [1.29, 1.82) is 0 Å². The maximum absolute atomic E-state index is 11.7. The molecule has 2 nitrogen and oxygen atoms in total. The summed E-state index contributed by atoms with van der Waals surface area (Å²) in [6.07, 6.45) is 12.7. The molecule has 0 aromatic rings. The molecule has 0 saturated heterocycles. The van der Waals surface area contributed by atoms with Gasteiger partial charge in [-0.25, -0.2) is 0 Å². The Balaban J connectivity index is 1.59. The van der Waals surface area contributed by atoms with Crippen LogP contribution in [-0.2, 0) is 0 Å². The van der Waals surface area contributed by atoms with Gasteiger partial charge in [0, 0.05) is 0 Å². The highest BCUT2D eigenvalue weighted by atomic mass is 16.3. The SMILES string of the molecule is CC1(C)CC[C@]2(C)CC=C3[C@]4(C)C[C@@H](O)[C@H]5C(C)(C)[C@H](O)CC[C@]5(C)C4CC[C@@]3(C)C2C1. The van der Waals surface area contributed by atoms with Gasteiger partial charge in [0.1, 0.15) is 0 Å². The average Bonchev–Trinajstić information content (AvgIpc) is 2.65. The highest BCUT2D eigenvalue weighted by molar-refractivity contribution is 5.35. The van der Waals surface area contributed by atoms with E-state index >= 15 is 0 Å². The van der Waals surface area contributed by atoms with Crippen LogP contribution in [0.3, 0.4) is 0 Å². The van der Waals surface area contributed by atoms with Crippen LogP contribution in [0.2, 0.25) is 0 Å². The molecule has 2 N–H and O–H groups in total. The molecule has 5 aliphatic rings. The summed E-state index contributed by atoms with van der Waals surface area (Å²) < 4.78 is 0.